The molecule has 3 nitrogen and oxygen atoms in total. The summed E-state index contributed by atoms with van der Waals surface area (Å²) >= 11 is 0.415. The van der Waals surface area contributed by atoms with Crippen molar-refractivity contribution in [2.24, 2.45) is 0 Å². The number of ether oxygens (including phenoxy) is 1. The first-order valence-electron chi connectivity index (χ1n) is 6.81. The van der Waals surface area contributed by atoms with Crippen molar-refractivity contribution in [2.45, 2.75) is 42.7 Å². The first-order chi connectivity index (χ1) is 10.1. The minimum Gasteiger partial charge on any atom is -0.444 e. The van der Waals surface area contributed by atoms with Crippen molar-refractivity contribution in [3.63, 3.8) is 0 Å². The molecular formula is C15H18F3NO2S. The van der Waals surface area contributed by atoms with E-state index in [0.717, 1.165) is 0 Å². The maximum absolute atomic E-state index is 14.7. The normalized spacial score (nSPS) is 17.3. The minimum absolute atomic E-state index is 0.0940. The Hall–Kier alpha value is -1.37. The number of thioether (sulfide) groups is 1. The topological polar surface area (TPSA) is 29.5 Å². The van der Waals surface area contributed by atoms with Crippen LogP contribution in [0.5, 0.6) is 0 Å². The number of rotatable bonds is 3. The summed E-state index contributed by atoms with van der Waals surface area (Å²) < 4.78 is 44.3. The molecule has 1 aromatic carbocycles. The molecule has 122 valence electrons. The maximum atomic E-state index is 14.7. The standard InChI is InChI=1S/C15H18F3NO2S/c1-14(2,3)21-13(20)19-8-15(18,9-19)10-4-6-11(7-5-10)22-12(16)17/h4-7,12H,8-9H2,1-3H3. The molecule has 1 aliphatic heterocycles. The molecule has 0 spiro atoms. The van der Waals surface area contributed by atoms with Gasteiger partial charge in [-0.05, 0) is 38.5 Å². The van der Waals surface area contributed by atoms with Crippen LogP contribution in [0.4, 0.5) is 18.0 Å². The van der Waals surface area contributed by atoms with Crippen LogP contribution >= 0.6 is 11.8 Å². The van der Waals surface area contributed by atoms with Crippen molar-refractivity contribution in [1.29, 1.82) is 0 Å². The largest absolute Gasteiger partial charge is 0.444 e. The van der Waals surface area contributed by atoms with E-state index in [1.807, 2.05) is 0 Å². The number of nitrogens with zero attached hydrogens (tertiary/aromatic N) is 1. The summed E-state index contributed by atoms with van der Waals surface area (Å²) in [4.78, 5) is 13.5. The van der Waals surface area contributed by atoms with Gasteiger partial charge in [-0.25, -0.2) is 9.18 Å². The average molecular weight is 333 g/mol. The first kappa shape index (κ1) is 17.0. The van der Waals surface area contributed by atoms with E-state index >= 15 is 0 Å². The van der Waals surface area contributed by atoms with Gasteiger partial charge < -0.3 is 9.64 Å². The summed E-state index contributed by atoms with van der Waals surface area (Å²) in [5, 5.41) is 0. The van der Waals surface area contributed by atoms with Crippen molar-refractivity contribution in [2.75, 3.05) is 13.1 Å². The number of alkyl halides is 3. The lowest BCUT2D eigenvalue weighted by Crippen LogP contribution is -2.59. The van der Waals surface area contributed by atoms with Crippen LogP contribution in [-0.2, 0) is 10.4 Å². The molecule has 0 aliphatic carbocycles. The molecule has 0 radical (unpaired) electrons. The van der Waals surface area contributed by atoms with Gasteiger partial charge in [-0.15, -0.1) is 0 Å². The average Bonchev–Trinajstić information content (AvgIpc) is 2.33. The van der Waals surface area contributed by atoms with E-state index < -0.39 is 23.1 Å². The summed E-state index contributed by atoms with van der Waals surface area (Å²) in [6.45, 7) is 5.04. The van der Waals surface area contributed by atoms with Crippen LogP contribution in [0, 0.1) is 0 Å². The highest BCUT2D eigenvalue weighted by molar-refractivity contribution is 7.99. The summed E-state index contributed by atoms with van der Waals surface area (Å²) in [5.41, 5.74) is -1.89. The van der Waals surface area contributed by atoms with E-state index in [2.05, 4.69) is 0 Å². The Morgan fingerprint density at radius 3 is 2.27 bits per heavy atom. The van der Waals surface area contributed by atoms with Crippen molar-refractivity contribution in [3.8, 4) is 0 Å². The Balaban J connectivity index is 1.96. The van der Waals surface area contributed by atoms with E-state index in [1.165, 1.54) is 29.2 Å². The molecule has 2 rings (SSSR count). The van der Waals surface area contributed by atoms with Crippen molar-refractivity contribution >= 4 is 17.9 Å². The molecule has 1 saturated heterocycles. The fraction of sp³-hybridized carbons (Fsp3) is 0.533. The number of halogens is 3. The second-order valence-corrected chi connectivity index (χ2v) is 7.27. The maximum Gasteiger partial charge on any atom is 0.410 e. The van der Waals surface area contributed by atoms with Gasteiger partial charge in [0, 0.05) is 4.90 Å². The summed E-state index contributed by atoms with van der Waals surface area (Å²) in [6.07, 6.45) is -0.550. The van der Waals surface area contributed by atoms with Crippen molar-refractivity contribution in [3.05, 3.63) is 29.8 Å². The van der Waals surface area contributed by atoms with Crippen molar-refractivity contribution < 1.29 is 22.7 Å². The highest BCUT2D eigenvalue weighted by atomic mass is 32.2. The van der Waals surface area contributed by atoms with Gasteiger partial charge in [0.1, 0.15) is 5.60 Å². The van der Waals surface area contributed by atoms with Gasteiger partial charge in [-0.1, -0.05) is 23.9 Å². The number of hydrogen-bond acceptors (Lipinski definition) is 3. The van der Waals surface area contributed by atoms with Gasteiger partial charge in [-0.2, -0.15) is 8.78 Å². The molecule has 0 unspecified atom stereocenters. The smallest absolute Gasteiger partial charge is 0.410 e. The molecule has 0 atom stereocenters. The Kier molecular flexibility index (Phi) is 4.65. The third kappa shape index (κ3) is 4.09. The number of amides is 1. The second-order valence-electron chi connectivity index (χ2n) is 6.20. The molecule has 0 bridgehead atoms. The molecule has 22 heavy (non-hydrogen) atoms. The van der Waals surface area contributed by atoms with Gasteiger partial charge in [0.15, 0.2) is 5.67 Å². The molecule has 7 heteroatoms. The van der Waals surface area contributed by atoms with Gasteiger partial charge in [-0.3, -0.25) is 0 Å². The van der Waals surface area contributed by atoms with Crippen LogP contribution < -0.4 is 0 Å². The zero-order valence-electron chi connectivity index (χ0n) is 12.6. The van der Waals surface area contributed by atoms with E-state index in [1.54, 1.807) is 20.8 Å². The molecule has 0 aromatic heterocycles. The first-order valence-corrected chi connectivity index (χ1v) is 7.69. The zero-order chi connectivity index (χ0) is 16.5. The quantitative estimate of drug-likeness (QED) is 0.767. The Morgan fingerprint density at radius 2 is 1.82 bits per heavy atom. The zero-order valence-corrected chi connectivity index (χ0v) is 13.4. The van der Waals surface area contributed by atoms with Gasteiger partial charge in [0.2, 0.25) is 0 Å². The second kappa shape index (κ2) is 6.02. The molecule has 1 aliphatic rings. The molecule has 1 heterocycles. The molecule has 1 aromatic rings. The number of likely N-dealkylation sites (tertiary alicyclic amines) is 1. The number of carbonyl (C=O) groups excluding carboxylic acids is 1. The minimum atomic E-state index is -2.50. The van der Waals surface area contributed by atoms with Crippen LogP contribution in [-0.4, -0.2) is 35.4 Å². The third-order valence-electron chi connectivity index (χ3n) is 3.13. The fourth-order valence-electron chi connectivity index (χ4n) is 2.13. The SMILES string of the molecule is CC(C)(C)OC(=O)N1CC(F)(c2ccc(SC(F)F)cc2)C1. The Labute approximate surface area is 131 Å². The number of hydrogen-bond donors (Lipinski definition) is 0. The van der Waals surface area contributed by atoms with E-state index in [4.69, 9.17) is 4.74 Å². The number of carbonyl (C=O) groups is 1. The lowest BCUT2D eigenvalue weighted by atomic mass is 9.88. The third-order valence-corrected chi connectivity index (χ3v) is 3.85. The lowest BCUT2D eigenvalue weighted by molar-refractivity contribution is -0.0537. The van der Waals surface area contributed by atoms with Gasteiger partial charge >= 0.3 is 6.09 Å². The van der Waals surface area contributed by atoms with Gasteiger partial charge in [0.25, 0.3) is 5.76 Å². The Bertz CT molecular complexity index is 537. The van der Waals surface area contributed by atoms with Crippen LogP contribution in [0.25, 0.3) is 0 Å². The predicted molar refractivity (Wildman–Crippen MR) is 78.9 cm³/mol. The molecule has 1 fully saturated rings. The van der Waals surface area contributed by atoms with Crippen LogP contribution in [0.15, 0.2) is 29.2 Å². The molecule has 0 saturated carbocycles. The molecule has 0 N–H and O–H groups in total. The van der Waals surface area contributed by atoms with Gasteiger partial charge in [0.05, 0.1) is 13.1 Å². The Morgan fingerprint density at radius 1 is 1.27 bits per heavy atom. The van der Waals surface area contributed by atoms with Crippen molar-refractivity contribution in [1.82, 2.24) is 4.90 Å². The van der Waals surface area contributed by atoms with Crippen LogP contribution in [0.3, 0.4) is 0 Å². The van der Waals surface area contributed by atoms with Crippen LogP contribution in [0.2, 0.25) is 0 Å². The van der Waals surface area contributed by atoms with Crippen LogP contribution in [0.1, 0.15) is 26.3 Å². The summed E-state index contributed by atoms with van der Waals surface area (Å²) in [5.74, 6) is -2.50. The highest BCUT2D eigenvalue weighted by Gasteiger charge is 2.48. The lowest BCUT2D eigenvalue weighted by Gasteiger charge is -2.44. The monoisotopic (exact) mass is 333 g/mol. The summed E-state index contributed by atoms with van der Waals surface area (Å²) in [7, 11) is 0. The van der Waals surface area contributed by atoms with E-state index in [9.17, 15) is 18.0 Å². The highest BCUT2D eigenvalue weighted by Crippen LogP contribution is 2.38. The van der Waals surface area contributed by atoms with E-state index in [0.29, 0.717) is 22.2 Å². The molecular weight excluding hydrogens is 315 g/mol. The fourth-order valence-corrected chi connectivity index (χ4v) is 2.63. The number of benzene rings is 1. The predicted octanol–water partition coefficient (Wildman–Crippen LogP) is 4.42. The van der Waals surface area contributed by atoms with E-state index in [-0.39, 0.29) is 13.1 Å². The summed E-state index contributed by atoms with van der Waals surface area (Å²) in [6, 6.07) is 5.89. The molecule has 1 amide bonds.